The van der Waals surface area contributed by atoms with Crippen molar-refractivity contribution in [1.82, 2.24) is 29.1 Å². The SMILES string of the molecule is Fc1ccccc1-c1nc2nc(-c3ccccc3)cc3c2n1-c1cccc2c1B3c1cc(-c3ccccc3)nc3nc(-c4c(F)cccc4F)n-2c13. The summed E-state index contributed by atoms with van der Waals surface area (Å²) >= 11 is 0. The van der Waals surface area contributed by atoms with Crippen molar-refractivity contribution in [3.05, 3.63) is 151 Å². The van der Waals surface area contributed by atoms with Crippen LogP contribution >= 0.6 is 0 Å². The molecule has 244 valence electrons. The van der Waals surface area contributed by atoms with Crippen LogP contribution in [0.15, 0.2) is 133 Å². The van der Waals surface area contributed by atoms with Crippen molar-refractivity contribution >= 4 is 45.4 Å². The maximum atomic E-state index is 15.7. The maximum absolute atomic E-state index is 15.7. The zero-order valence-electron chi connectivity index (χ0n) is 27.1. The van der Waals surface area contributed by atoms with Crippen LogP contribution in [0.3, 0.4) is 0 Å². The molecule has 2 aliphatic heterocycles. The third kappa shape index (κ3) is 3.91. The van der Waals surface area contributed by atoms with E-state index in [1.807, 2.05) is 88.0 Å². The molecule has 10 heteroatoms. The zero-order valence-corrected chi connectivity index (χ0v) is 27.1. The fraction of sp³-hybridized carbons (Fsp3) is 0. The molecular weight excluding hydrogens is 656 g/mol. The second-order valence-electron chi connectivity index (χ2n) is 13.0. The number of imidazole rings is 2. The van der Waals surface area contributed by atoms with Gasteiger partial charge in [0.25, 0.3) is 6.71 Å². The first-order valence-corrected chi connectivity index (χ1v) is 16.9. The van der Waals surface area contributed by atoms with Gasteiger partial charge >= 0.3 is 0 Å². The first-order valence-electron chi connectivity index (χ1n) is 16.9. The predicted octanol–water partition coefficient (Wildman–Crippen LogP) is 7.38. The highest BCUT2D eigenvalue weighted by Gasteiger charge is 2.43. The van der Waals surface area contributed by atoms with Crippen LogP contribution in [0, 0.1) is 17.5 Å². The molecule has 0 atom stereocenters. The Morgan fingerprint density at radius 1 is 0.462 bits per heavy atom. The Kier molecular flexibility index (Phi) is 5.91. The Bertz CT molecular complexity index is 2940. The molecule has 0 amide bonds. The van der Waals surface area contributed by atoms with Gasteiger partial charge in [-0.2, -0.15) is 0 Å². The largest absolute Gasteiger partial charge is 0.292 e. The molecule has 0 saturated heterocycles. The smallest absolute Gasteiger partial charge is 0.252 e. The van der Waals surface area contributed by atoms with Crippen molar-refractivity contribution in [3.8, 4) is 56.7 Å². The van der Waals surface area contributed by atoms with Gasteiger partial charge in [-0.05, 0) is 64.9 Å². The number of nitrogens with zero attached hydrogens (tertiary/aromatic N) is 6. The van der Waals surface area contributed by atoms with Crippen LogP contribution in [0.1, 0.15) is 0 Å². The minimum absolute atomic E-state index is 0.104. The van der Waals surface area contributed by atoms with E-state index < -0.39 is 17.5 Å². The lowest BCUT2D eigenvalue weighted by atomic mass is 9.34. The number of halogens is 3. The molecule has 0 aliphatic carbocycles. The Balaban J connectivity index is 1.32. The van der Waals surface area contributed by atoms with Gasteiger partial charge in [0.1, 0.15) is 17.5 Å². The lowest BCUT2D eigenvalue weighted by molar-refractivity contribution is 0.587. The van der Waals surface area contributed by atoms with Gasteiger partial charge in [0, 0.05) is 22.5 Å². The summed E-state index contributed by atoms with van der Waals surface area (Å²) in [4.78, 5) is 20.0. The zero-order chi connectivity index (χ0) is 34.7. The van der Waals surface area contributed by atoms with E-state index in [-0.39, 0.29) is 18.1 Å². The molecule has 0 radical (unpaired) electrons. The van der Waals surface area contributed by atoms with Crippen LogP contribution in [-0.4, -0.2) is 35.8 Å². The molecule has 0 bridgehead atoms. The average molecular weight is 678 g/mol. The van der Waals surface area contributed by atoms with Gasteiger partial charge in [-0.1, -0.05) is 84.9 Å². The fourth-order valence-electron chi connectivity index (χ4n) is 8.05. The Morgan fingerprint density at radius 3 is 1.52 bits per heavy atom. The molecule has 2 aliphatic rings. The molecule has 0 saturated carbocycles. The molecule has 0 fully saturated rings. The third-order valence-electron chi connectivity index (χ3n) is 10.2. The van der Waals surface area contributed by atoms with Crippen LogP contribution in [0.2, 0.25) is 0 Å². The van der Waals surface area contributed by atoms with Crippen LogP contribution in [-0.2, 0) is 0 Å². The van der Waals surface area contributed by atoms with Crippen molar-refractivity contribution in [2.45, 2.75) is 0 Å². The summed E-state index contributed by atoms with van der Waals surface area (Å²) in [6, 6.07) is 40.0. The van der Waals surface area contributed by atoms with Gasteiger partial charge in [-0.15, -0.1) is 0 Å². The molecule has 6 heterocycles. The van der Waals surface area contributed by atoms with Gasteiger partial charge in [-0.25, -0.2) is 33.1 Å². The van der Waals surface area contributed by atoms with E-state index in [1.54, 1.807) is 18.2 Å². The van der Waals surface area contributed by atoms with Crippen LogP contribution < -0.4 is 16.4 Å². The van der Waals surface area contributed by atoms with Crippen LogP contribution in [0.5, 0.6) is 0 Å². The van der Waals surface area contributed by atoms with Crippen LogP contribution in [0.25, 0.3) is 79.0 Å². The molecule has 0 spiro atoms. The fourth-order valence-corrected chi connectivity index (χ4v) is 8.05. The summed E-state index contributed by atoms with van der Waals surface area (Å²) < 4.78 is 50.8. The molecule has 6 nitrogen and oxygen atoms in total. The highest BCUT2D eigenvalue weighted by molar-refractivity contribution is 7.00. The van der Waals surface area contributed by atoms with Gasteiger partial charge in [0.15, 0.2) is 22.9 Å². The van der Waals surface area contributed by atoms with E-state index >= 15 is 13.2 Å². The monoisotopic (exact) mass is 678 g/mol. The van der Waals surface area contributed by atoms with Gasteiger partial charge in [-0.3, -0.25) is 9.13 Å². The highest BCUT2D eigenvalue weighted by atomic mass is 19.1. The number of fused-ring (bicyclic) bond motifs is 4. The number of hydrogen-bond acceptors (Lipinski definition) is 4. The van der Waals surface area contributed by atoms with E-state index in [2.05, 4.69) is 12.1 Å². The van der Waals surface area contributed by atoms with Crippen molar-refractivity contribution in [2.75, 3.05) is 0 Å². The summed E-state index contributed by atoms with van der Waals surface area (Å²) in [5.74, 6) is -1.37. The van der Waals surface area contributed by atoms with Gasteiger partial charge in [0.05, 0.1) is 33.5 Å². The van der Waals surface area contributed by atoms with Crippen molar-refractivity contribution in [3.63, 3.8) is 0 Å². The molecule has 52 heavy (non-hydrogen) atoms. The van der Waals surface area contributed by atoms with E-state index in [9.17, 15) is 0 Å². The van der Waals surface area contributed by atoms with Crippen molar-refractivity contribution in [2.24, 2.45) is 0 Å². The standard InChI is InChI=1S/C42H22BF3N6/c44-28-16-8-7-15-25(28)41-49-39-37-26(21-31(47-39)23-11-3-1-4-12-23)43-27-22-32(24-13-5-2-6-14-24)48-40-38(27)52(34-20-10-19-33(36(34)43)51(37)41)42(50-40)35-29(45)17-9-18-30(35)46/h1-22H. The predicted molar refractivity (Wildman–Crippen MR) is 198 cm³/mol. The normalized spacial score (nSPS) is 12.5. The van der Waals surface area contributed by atoms with E-state index in [1.165, 1.54) is 24.3 Å². The topological polar surface area (TPSA) is 61.4 Å². The second kappa shape index (κ2) is 10.6. The van der Waals surface area contributed by atoms with E-state index in [4.69, 9.17) is 19.9 Å². The Hall–Kier alpha value is -6.81. The van der Waals surface area contributed by atoms with Gasteiger partial charge < -0.3 is 0 Å². The number of hydrogen-bond donors (Lipinski definition) is 0. The second-order valence-corrected chi connectivity index (χ2v) is 13.0. The minimum Gasteiger partial charge on any atom is -0.292 e. The summed E-state index contributed by atoms with van der Waals surface area (Å²) in [7, 11) is 0. The first-order chi connectivity index (χ1) is 25.5. The van der Waals surface area contributed by atoms with E-state index in [0.717, 1.165) is 44.4 Å². The molecule has 0 unspecified atom stereocenters. The molecular formula is C42H22BF3N6. The van der Waals surface area contributed by atoms with Crippen LogP contribution in [0.4, 0.5) is 13.2 Å². The number of benzene rings is 5. The third-order valence-corrected chi connectivity index (χ3v) is 10.2. The van der Waals surface area contributed by atoms with E-state index in [0.29, 0.717) is 39.6 Å². The summed E-state index contributed by atoms with van der Waals surface area (Å²) in [5.41, 5.74) is 9.61. The Labute approximate surface area is 294 Å². The number of rotatable bonds is 4. The molecule has 5 aromatic carbocycles. The lowest BCUT2D eigenvalue weighted by Crippen LogP contribution is -2.59. The molecule has 11 rings (SSSR count). The number of aromatic nitrogens is 6. The highest BCUT2D eigenvalue weighted by Crippen LogP contribution is 2.38. The first kappa shape index (κ1) is 29.0. The summed E-state index contributed by atoms with van der Waals surface area (Å²) in [6.07, 6.45) is 0. The molecule has 4 aromatic heterocycles. The van der Waals surface area contributed by atoms with Crippen molar-refractivity contribution in [1.29, 1.82) is 0 Å². The maximum Gasteiger partial charge on any atom is 0.252 e. The summed E-state index contributed by atoms with van der Waals surface area (Å²) in [5, 5.41) is 0. The summed E-state index contributed by atoms with van der Waals surface area (Å²) in [6.45, 7) is -0.382. The molecule has 0 N–H and O–H groups in total. The minimum atomic E-state index is -0.731. The average Bonchev–Trinajstić information content (AvgIpc) is 3.75. The van der Waals surface area contributed by atoms with Gasteiger partial charge in [0.2, 0.25) is 0 Å². The van der Waals surface area contributed by atoms with Crippen molar-refractivity contribution < 1.29 is 13.2 Å². The quantitative estimate of drug-likeness (QED) is 0.182. The molecule has 9 aromatic rings. The Morgan fingerprint density at radius 2 is 0.942 bits per heavy atom. The lowest BCUT2D eigenvalue weighted by Gasteiger charge is -2.33. The number of pyridine rings is 2.